The highest BCUT2D eigenvalue weighted by Crippen LogP contribution is 2.26. The first-order chi connectivity index (χ1) is 10.2. The third kappa shape index (κ3) is 4.40. The average molecular weight is 419 g/mol. The van der Waals surface area contributed by atoms with Crippen molar-refractivity contribution in [2.45, 2.75) is 39.3 Å². The molecule has 1 N–H and O–H groups in total. The van der Waals surface area contributed by atoms with Gasteiger partial charge in [-0.2, -0.15) is 5.10 Å². The molecule has 0 spiro atoms. The molecule has 1 aromatic heterocycles. The van der Waals surface area contributed by atoms with E-state index in [4.69, 9.17) is 11.6 Å². The number of hydrogen-bond acceptors (Lipinski definition) is 3. The molecule has 0 aliphatic heterocycles. The SMILES string of the molecule is CCCNC(Cc1ncnn1CC)c1cc(Cl)ccc1I. The zero-order valence-electron chi connectivity index (χ0n) is 12.3. The first kappa shape index (κ1) is 16.7. The zero-order chi connectivity index (χ0) is 15.2. The lowest BCUT2D eigenvalue weighted by Crippen LogP contribution is -2.26. The van der Waals surface area contributed by atoms with E-state index in [-0.39, 0.29) is 6.04 Å². The van der Waals surface area contributed by atoms with E-state index < -0.39 is 0 Å². The van der Waals surface area contributed by atoms with Crippen LogP contribution >= 0.6 is 34.2 Å². The van der Waals surface area contributed by atoms with Crippen LogP contribution in [0.25, 0.3) is 0 Å². The van der Waals surface area contributed by atoms with Crippen molar-refractivity contribution in [1.82, 2.24) is 20.1 Å². The van der Waals surface area contributed by atoms with Crippen LogP contribution in [0.4, 0.5) is 0 Å². The summed E-state index contributed by atoms with van der Waals surface area (Å²) in [6.45, 7) is 6.05. The molecule has 4 nitrogen and oxygen atoms in total. The number of hydrogen-bond donors (Lipinski definition) is 1. The van der Waals surface area contributed by atoms with Crippen molar-refractivity contribution in [2.24, 2.45) is 0 Å². The van der Waals surface area contributed by atoms with Gasteiger partial charge in [-0.05, 0) is 66.2 Å². The summed E-state index contributed by atoms with van der Waals surface area (Å²) in [7, 11) is 0. The van der Waals surface area contributed by atoms with Crippen LogP contribution in [0.15, 0.2) is 24.5 Å². The molecule has 0 saturated carbocycles. The van der Waals surface area contributed by atoms with Crippen molar-refractivity contribution in [3.8, 4) is 0 Å². The summed E-state index contributed by atoms with van der Waals surface area (Å²) in [4.78, 5) is 4.39. The first-order valence-corrected chi connectivity index (χ1v) is 8.66. The van der Waals surface area contributed by atoms with E-state index in [0.29, 0.717) is 0 Å². The maximum absolute atomic E-state index is 6.17. The number of nitrogens with one attached hydrogen (secondary N) is 1. The fourth-order valence-electron chi connectivity index (χ4n) is 2.29. The molecular weight excluding hydrogens is 399 g/mol. The quantitative estimate of drug-likeness (QED) is 0.695. The van der Waals surface area contributed by atoms with Crippen LogP contribution in [-0.2, 0) is 13.0 Å². The molecule has 6 heteroatoms. The lowest BCUT2D eigenvalue weighted by Gasteiger charge is -2.20. The molecule has 0 bridgehead atoms. The van der Waals surface area contributed by atoms with Crippen LogP contribution < -0.4 is 5.32 Å². The highest BCUT2D eigenvalue weighted by atomic mass is 127. The van der Waals surface area contributed by atoms with Crippen molar-refractivity contribution in [3.63, 3.8) is 0 Å². The van der Waals surface area contributed by atoms with Crippen LogP contribution in [0.3, 0.4) is 0 Å². The summed E-state index contributed by atoms with van der Waals surface area (Å²) in [6, 6.07) is 6.23. The van der Waals surface area contributed by atoms with Crippen LogP contribution in [0, 0.1) is 3.57 Å². The second kappa shape index (κ2) is 8.10. The lowest BCUT2D eigenvalue weighted by atomic mass is 10.0. The third-order valence-electron chi connectivity index (χ3n) is 3.36. The van der Waals surface area contributed by atoms with E-state index in [0.717, 1.165) is 36.8 Å². The highest BCUT2D eigenvalue weighted by molar-refractivity contribution is 14.1. The van der Waals surface area contributed by atoms with Gasteiger partial charge in [0.15, 0.2) is 0 Å². The molecular formula is C15H20ClIN4. The summed E-state index contributed by atoms with van der Waals surface area (Å²) >= 11 is 8.53. The minimum atomic E-state index is 0.199. The number of aromatic nitrogens is 3. The molecule has 2 aromatic rings. The van der Waals surface area contributed by atoms with Gasteiger partial charge < -0.3 is 5.32 Å². The van der Waals surface area contributed by atoms with E-state index in [2.05, 4.69) is 57.9 Å². The Bertz CT molecular complexity index is 585. The van der Waals surface area contributed by atoms with Crippen molar-refractivity contribution in [3.05, 3.63) is 44.5 Å². The maximum atomic E-state index is 6.17. The van der Waals surface area contributed by atoms with Crippen LogP contribution in [0.5, 0.6) is 0 Å². The van der Waals surface area contributed by atoms with Crippen molar-refractivity contribution in [1.29, 1.82) is 0 Å². The van der Waals surface area contributed by atoms with Gasteiger partial charge in [0.25, 0.3) is 0 Å². The van der Waals surface area contributed by atoms with Crippen LogP contribution in [-0.4, -0.2) is 21.3 Å². The molecule has 114 valence electrons. The lowest BCUT2D eigenvalue weighted by molar-refractivity contribution is 0.495. The Morgan fingerprint density at radius 3 is 2.90 bits per heavy atom. The summed E-state index contributed by atoms with van der Waals surface area (Å²) < 4.78 is 3.16. The Morgan fingerprint density at radius 2 is 2.19 bits per heavy atom. The predicted octanol–water partition coefficient (Wildman–Crippen LogP) is 3.84. The number of halogens is 2. The van der Waals surface area contributed by atoms with Gasteiger partial charge >= 0.3 is 0 Å². The van der Waals surface area contributed by atoms with Gasteiger partial charge in [-0.25, -0.2) is 4.98 Å². The Hall–Kier alpha value is -0.660. The number of aryl methyl sites for hydroxylation is 1. The molecule has 1 aromatic carbocycles. The summed E-state index contributed by atoms with van der Waals surface area (Å²) in [5, 5.41) is 8.62. The Balaban J connectivity index is 2.27. The van der Waals surface area contributed by atoms with E-state index >= 15 is 0 Å². The molecule has 0 aliphatic rings. The predicted molar refractivity (Wildman–Crippen MR) is 94.6 cm³/mol. The normalized spacial score (nSPS) is 12.6. The van der Waals surface area contributed by atoms with Gasteiger partial charge in [0.05, 0.1) is 0 Å². The van der Waals surface area contributed by atoms with Crippen molar-refractivity contribution in [2.75, 3.05) is 6.54 Å². The van der Waals surface area contributed by atoms with E-state index in [1.165, 1.54) is 9.13 Å². The molecule has 0 saturated heterocycles. The van der Waals surface area contributed by atoms with Crippen molar-refractivity contribution >= 4 is 34.2 Å². The molecule has 21 heavy (non-hydrogen) atoms. The standard InChI is InChI=1S/C15H20ClIN4/c1-3-7-18-14(9-15-19-10-20-21(15)4-2)12-8-11(16)5-6-13(12)17/h5-6,8,10,14,18H,3-4,7,9H2,1-2H3. The highest BCUT2D eigenvalue weighted by Gasteiger charge is 2.18. The summed E-state index contributed by atoms with van der Waals surface area (Å²) in [5.41, 5.74) is 1.22. The average Bonchev–Trinajstić information content (AvgIpc) is 2.93. The fraction of sp³-hybridized carbons (Fsp3) is 0.467. The largest absolute Gasteiger partial charge is 0.310 e. The maximum Gasteiger partial charge on any atom is 0.138 e. The van der Waals surface area contributed by atoms with Gasteiger partial charge in [-0.15, -0.1) is 0 Å². The van der Waals surface area contributed by atoms with Gasteiger partial charge in [-0.3, -0.25) is 4.68 Å². The number of benzene rings is 1. The summed E-state index contributed by atoms with van der Waals surface area (Å²) in [6.07, 6.45) is 3.52. The summed E-state index contributed by atoms with van der Waals surface area (Å²) in [5.74, 6) is 1.00. The van der Waals surface area contributed by atoms with Gasteiger partial charge in [-0.1, -0.05) is 18.5 Å². The molecule has 1 unspecified atom stereocenters. The first-order valence-electron chi connectivity index (χ1n) is 7.20. The Kier molecular flexibility index (Phi) is 6.44. The monoisotopic (exact) mass is 418 g/mol. The molecule has 1 atom stereocenters. The number of rotatable bonds is 7. The topological polar surface area (TPSA) is 42.7 Å². The molecule has 0 fully saturated rings. The van der Waals surface area contributed by atoms with E-state index in [1.807, 2.05) is 16.8 Å². The molecule has 0 aliphatic carbocycles. The second-order valence-corrected chi connectivity index (χ2v) is 6.47. The van der Waals surface area contributed by atoms with Crippen molar-refractivity contribution < 1.29 is 0 Å². The Morgan fingerprint density at radius 1 is 1.38 bits per heavy atom. The second-order valence-electron chi connectivity index (χ2n) is 4.87. The molecule has 2 rings (SSSR count). The third-order valence-corrected chi connectivity index (χ3v) is 4.57. The van der Waals surface area contributed by atoms with Gasteiger partial charge in [0, 0.05) is 27.6 Å². The van der Waals surface area contributed by atoms with Crippen LogP contribution in [0.2, 0.25) is 5.02 Å². The molecule has 1 heterocycles. The molecule has 0 radical (unpaired) electrons. The fourth-order valence-corrected chi connectivity index (χ4v) is 3.18. The minimum Gasteiger partial charge on any atom is -0.310 e. The van der Waals surface area contributed by atoms with Gasteiger partial charge in [0.1, 0.15) is 12.2 Å². The Labute approximate surface area is 144 Å². The van der Waals surface area contributed by atoms with Crippen LogP contribution in [0.1, 0.15) is 37.7 Å². The molecule has 0 amide bonds. The van der Waals surface area contributed by atoms with E-state index in [9.17, 15) is 0 Å². The smallest absolute Gasteiger partial charge is 0.138 e. The number of nitrogens with zero attached hydrogens (tertiary/aromatic N) is 3. The minimum absolute atomic E-state index is 0.199. The van der Waals surface area contributed by atoms with E-state index in [1.54, 1.807) is 6.33 Å². The van der Waals surface area contributed by atoms with Gasteiger partial charge in [0.2, 0.25) is 0 Å². The zero-order valence-corrected chi connectivity index (χ0v) is 15.2.